The second-order valence-corrected chi connectivity index (χ2v) is 17.5. The topological polar surface area (TPSA) is 107 Å². The van der Waals surface area contributed by atoms with Crippen molar-refractivity contribution in [1.29, 1.82) is 0 Å². The highest BCUT2D eigenvalue weighted by Gasteiger charge is 2.71. The number of rotatable bonds is 20. The predicted molar refractivity (Wildman–Crippen MR) is 231 cm³/mol. The van der Waals surface area contributed by atoms with E-state index in [2.05, 4.69) is 73.8 Å². The summed E-state index contributed by atoms with van der Waals surface area (Å²) in [5.74, 6) is -1.90. The largest absolute Gasteiger partial charge is 0.387 e. The number of benzene rings is 4. The summed E-state index contributed by atoms with van der Waals surface area (Å²) in [6.07, 6.45) is 1.81. The molecule has 0 unspecified atom stereocenters. The number of aryl methyl sites for hydroxylation is 2. The van der Waals surface area contributed by atoms with Gasteiger partial charge in [0.05, 0.1) is 31.5 Å². The van der Waals surface area contributed by atoms with E-state index in [0.29, 0.717) is 32.6 Å². The number of hydrogen-bond donors (Lipinski definition) is 2. The Labute approximate surface area is 351 Å². The van der Waals surface area contributed by atoms with E-state index in [4.69, 9.17) is 18.9 Å². The van der Waals surface area contributed by atoms with Crippen LogP contribution in [0.15, 0.2) is 103 Å². The molecule has 9 heteroatoms. The van der Waals surface area contributed by atoms with Gasteiger partial charge in [-0.25, -0.2) is 0 Å². The molecule has 0 aliphatic carbocycles. The molecule has 6 rings (SSSR count). The molecule has 2 fully saturated rings. The van der Waals surface area contributed by atoms with Crippen LogP contribution in [0.4, 0.5) is 0 Å². The van der Waals surface area contributed by atoms with Gasteiger partial charge >= 0.3 is 0 Å². The number of ether oxygens (including phenoxy) is 4. The number of amides is 1. The van der Waals surface area contributed by atoms with Gasteiger partial charge in [-0.3, -0.25) is 9.59 Å². The van der Waals surface area contributed by atoms with Crippen molar-refractivity contribution in [3.8, 4) is 0 Å². The van der Waals surface area contributed by atoms with Gasteiger partial charge in [0.25, 0.3) is 0 Å². The van der Waals surface area contributed by atoms with Gasteiger partial charge < -0.3 is 34.3 Å². The van der Waals surface area contributed by atoms with Crippen molar-refractivity contribution in [3.05, 3.63) is 142 Å². The fourth-order valence-corrected chi connectivity index (χ4v) is 8.51. The molecule has 2 heterocycles. The van der Waals surface area contributed by atoms with E-state index < -0.39 is 29.2 Å². The lowest BCUT2D eigenvalue weighted by atomic mass is 9.70. The Kier molecular flexibility index (Phi) is 14.6. The number of likely N-dealkylation sites (N-methyl/N-ethyl adjacent to an activating group) is 1. The molecule has 2 aliphatic heterocycles. The van der Waals surface area contributed by atoms with Crippen LogP contribution >= 0.6 is 0 Å². The molecule has 2 bridgehead atoms. The Hall–Kier alpha value is -4.22. The number of ketones is 1. The van der Waals surface area contributed by atoms with Gasteiger partial charge in [-0.15, -0.1) is 0 Å². The van der Waals surface area contributed by atoms with Crippen LogP contribution < -0.4 is 5.32 Å². The zero-order valence-electron chi connectivity index (χ0n) is 36.0. The second-order valence-electron chi connectivity index (χ2n) is 17.5. The Morgan fingerprint density at radius 2 is 1.53 bits per heavy atom. The molecule has 59 heavy (non-hydrogen) atoms. The molecule has 0 radical (unpaired) electrons. The van der Waals surface area contributed by atoms with Crippen LogP contribution in [0.3, 0.4) is 0 Å². The smallest absolute Gasteiger partial charge is 0.225 e. The molecule has 0 aromatic heterocycles. The molecule has 2 aliphatic rings. The quantitative estimate of drug-likeness (QED) is 0.0937. The third kappa shape index (κ3) is 10.6. The van der Waals surface area contributed by atoms with Crippen molar-refractivity contribution in [2.45, 2.75) is 109 Å². The van der Waals surface area contributed by atoms with Crippen molar-refractivity contribution in [1.82, 2.24) is 10.2 Å². The van der Waals surface area contributed by atoms with Crippen LogP contribution in [0.5, 0.6) is 0 Å². The molecule has 316 valence electrons. The zero-order valence-corrected chi connectivity index (χ0v) is 36.0. The summed E-state index contributed by atoms with van der Waals surface area (Å²) >= 11 is 0. The number of nitrogens with zero attached hydrogens (tertiary/aromatic N) is 1. The summed E-state index contributed by atoms with van der Waals surface area (Å²) in [5, 5.41) is 14.7. The zero-order chi connectivity index (χ0) is 42.2. The van der Waals surface area contributed by atoms with E-state index in [1.807, 2.05) is 74.4 Å². The highest BCUT2D eigenvalue weighted by molar-refractivity contribution is 5.86. The number of carbonyl (C=O) groups excluding carboxylic acids is 2. The van der Waals surface area contributed by atoms with Crippen LogP contribution in [-0.4, -0.2) is 78.9 Å². The Bertz CT molecular complexity index is 1980. The molecular weight excluding hydrogens is 741 g/mol. The molecule has 2 N–H and O–H groups in total. The average molecular weight is 805 g/mol. The number of fused-ring (bicyclic) bond motifs is 2. The minimum Gasteiger partial charge on any atom is -0.387 e. The lowest BCUT2D eigenvalue weighted by molar-refractivity contribution is -0.352. The maximum absolute atomic E-state index is 12.7. The van der Waals surface area contributed by atoms with Gasteiger partial charge in [-0.1, -0.05) is 111 Å². The first-order chi connectivity index (χ1) is 28.2. The minimum absolute atomic E-state index is 0.0664. The highest BCUT2D eigenvalue weighted by Crippen LogP contribution is 2.57. The Morgan fingerprint density at radius 1 is 0.898 bits per heavy atom. The summed E-state index contributed by atoms with van der Waals surface area (Å²) in [4.78, 5) is 27.1. The van der Waals surface area contributed by atoms with Gasteiger partial charge in [-0.2, -0.15) is 0 Å². The highest BCUT2D eigenvalue weighted by atomic mass is 16.8. The molecule has 4 aromatic rings. The third-order valence-corrected chi connectivity index (χ3v) is 12.3. The molecule has 1 amide bonds. The molecule has 2 saturated heterocycles. The van der Waals surface area contributed by atoms with Crippen molar-refractivity contribution < 1.29 is 33.6 Å². The molecule has 0 saturated carbocycles. The first-order valence-corrected chi connectivity index (χ1v) is 21.2. The first-order valence-electron chi connectivity index (χ1n) is 21.2. The van der Waals surface area contributed by atoms with Crippen molar-refractivity contribution in [2.75, 3.05) is 33.8 Å². The standard InChI is InChI=1S/C50H64N2O7/c1-35-21-26-43(31-42(35)30-39-24-22-38(23-25-39)19-14-20-44(53)29-36(2)47(54)51-27-28-52(6)7)50-46(57-33-41-17-12-9-13-18-41)45(56-32-40-15-10-8-11-16-40)37(3)49(59-50,34-58-50)48(4,5)55/h8-13,15-18,21-26,31,36-37,45-46,55H,14,19-20,27-30,32-34H2,1-7H3,(H,51,54)/t36-,37+,45+,46-,49+,50+/m1/s1. The molecule has 9 nitrogen and oxygen atoms in total. The lowest BCUT2D eigenvalue weighted by Gasteiger charge is -2.54. The number of Topliss-reactive ketones (excluding diaryl/α,β-unsaturated/α-hetero) is 1. The summed E-state index contributed by atoms with van der Waals surface area (Å²) < 4.78 is 27.8. The summed E-state index contributed by atoms with van der Waals surface area (Å²) in [6.45, 7) is 11.8. The third-order valence-electron chi connectivity index (χ3n) is 12.3. The van der Waals surface area contributed by atoms with Crippen LogP contribution in [-0.2, 0) is 60.4 Å². The number of aliphatic hydroxyl groups is 1. The maximum Gasteiger partial charge on any atom is 0.225 e. The molecule has 4 aromatic carbocycles. The normalized spacial score (nSPS) is 23.3. The number of carbonyl (C=O) groups is 2. The van der Waals surface area contributed by atoms with Crippen LogP contribution in [0.1, 0.15) is 85.9 Å². The number of hydrogen-bond acceptors (Lipinski definition) is 8. The SMILES string of the molecule is Cc1ccc([C@]23OC[C@](C(C)(C)O)(O2)[C@@H](C)[C@H](OCc2ccccc2)[C@H]3OCc2ccccc2)cc1Cc1ccc(CCCC(=O)C[C@@H](C)C(=O)NCCN(C)C)cc1. The number of nitrogens with one attached hydrogen (secondary N) is 1. The van der Waals surface area contributed by atoms with E-state index in [9.17, 15) is 14.7 Å². The second kappa shape index (κ2) is 19.4. The first kappa shape index (κ1) is 44.3. The van der Waals surface area contributed by atoms with E-state index in [-0.39, 0.29) is 36.6 Å². The monoisotopic (exact) mass is 804 g/mol. The van der Waals surface area contributed by atoms with Crippen LogP contribution in [0.25, 0.3) is 0 Å². The Morgan fingerprint density at radius 3 is 2.15 bits per heavy atom. The Balaban J connectivity index is 1.18. The van der Waals surface area contributed by atoms with Crippen molar-refractivity contribution in [3.63, 3.8) is 0 Å². The van der Waals surface area contributed by atoms with Gasteiger partial charge in [0.1, 0.15) is 17.5 Å². The summed E-state index contributed by atoms with van der Waals surface area (Å²) in [7, 11) is 3.93. The molecule has 6 atom stereocenters. The van der Waals surface area contributed by atoms with Crippen LogP contribution in [0, 0.1) is 18.8 Å². The predicted octanol–water partition coefficient (Wildman–Crippen LogP) is 7.71. The van der Waals surface area contributed by atoms with E-state index in [1.165, 1.54) is 5.56 Å². The maximum atomic E-state index is 12.7. The van der Waals surface area contributed by atoms with Gasteiger partial charge in [0.2, 0.25) is 11.7 Å². The molecular formula is C50H64N2O7. The fourth-order valence-electron chi connectivity index (χ4n) is 8.51. The summed E-state index contributed by atoms with van der Waals surface area (Å²) in [6, 6.07) is 35.1. The van der Waals surface area contributed by atoms with Crippen LogP contribution in [0.2, 0.25) is 0 Å². The van der Waals surface area contributed by atoms with Gasteiger partial charge in [-0.05, 0) is 93.6 Å². The van der Waals surface area contributed by atoms with Crippen molar-refractivity contribution in [2.24, 2.45) is 11.8 Å². The van der Waals surface area contributed by atoms with Gasteiger partial charge in [0, 0.05) is 43.3 Å². The fraction of sp³-hybridized carbons (Fsp3) is 0.480. The van der Waals surface area contributed by atoms with E-state index >= 15 is 0 Å². The van der Waals surface area contributed by atoms with E-state index in [1.54, 1.807) is 13.8 Å². The average Bonchev–Trinajstić information content (AvgIpc) is 3.60. The summed E-state index contributed by atoms with van der Waals surface area (Å²) in [5.41, 5.74) is 5.19. The minimum atomic E-state index is -1.35. The van der Waals surface area contributed by atoms with Crippen molar-refractivity contribution >= 4 is 11.7 Å². The van der Waals surface area contributed by atoms with E-state index in [0.717, 1.165) is 52.8 Å². The molecule has 0 spiro atoms. The lowest BCUT2D eigenvalue weighted by Crippen LogP contribution is -2.68. The van der Waals surface area contributed by atoms with Gasteiger partial charge in [0.15, 0.2) is 0 Å².